The second kappa shape index (κ2) is 8.74. The van der Waals surface area contributed by atoms with Crippen LogP contribution in [0.1, 0.15) is 37.0 Å². The van der Waals surface area contributed by atoms with Gasteiger partial charge in [-0.25, -0.2) is 0 Å². The number of nitrogens with zero attached hydrogens (tertiary/aromatic N) is 1. The molecule has 1 heterocycles. The van der Waals surface area contributed by atoms with Crippen molar-refractivity contribution in [2.45, 2.75) is 26.7 Å². The van der Waals surface area contributed by atoms with E-state index in [2.05, 4.69) is 5.32 Å². The molecule has 1 saturated heterocycles. The first kappa shape index (κ1) is 19.1. The quantitative estimate of drug-likeness (QED) is 0.857. The summed E-state index contributed by atoms with van der Waals surface area (Å²) in [5.74, 6) is 1.47. The van der Waals surface area contributed by atoms with Gasteiger partial charge < -0.3 is 19.7 Å². The first-order valence-electron chi connectivity index (χ1n) is 8.75. The van der Waals surface area contributed by atoms with Gasteiger partial charge in [0.2, 0.25) is 5.91 Å². The zero-order chi connectivity index (χ0) is 18.4. The highest BCUT2D eigenvalue weighted by Crippen LogP contribution is 2.28. The molecule has 1 aliphatic rings. The molecule has 0 unspecified atom stereocenters. The van der Waals surface area contributed by atoms with Crippen molar-refractivity contribution in [1.82, 2.24) is 10.2 Å². The van der Waals surface area contributed by atoms with Gasteiger partial charge in [-0.05, 0) is 37.0 Å². The second-order valence-electron chi connectivity index (χ2n) is 6.73. The number of rotatable bonds is 6. The number of methoxy groups -OCH3 is 2. The van der Waals surface area contributed by atoms with Gasteiger partial charge in [0.25, 0.3) is 5.91 Å². The van der Waals surface area contributed by atoms with E-state index in [0.717, 1.165) is 19.4 Å². The Labute approximate surface area is 149 Å². The lowest BCUT2D eigenvalue weighted by Crippen LogP contribution is -2.44. The van der Waals surface area contributed by atoms with Crippen LogP contribution >= 0.6 is 0 Å². The molecule has 6 heteroatoms. The van der Waals surface area contributed by atoms with E-state index in [-0.39, 0.29) is 17.7 Å². The molecule has 2 rings (SSSR count). The summed E-state index contributed by atoms with van der Waals surface area (Å²) in [6.07, 6.45) is 1.97. The average molecular weight is 348 g/mol. The third-order valence-electron chi connectivity index (χ3n) is 4.53. The number of likely N-dealkylation sites (tertiary alicyclic amines) is 1. The summed E-state index contributed by atoms with van der Waals surface area (Å²) in [7, 11) is 3.13. The van der Waals surface area contributed by atoms with E-state index >= 15 is 0 Å². The molecule has 0 aliphatic carbocycles. The average Bonchev–Trinajstić information content (AvgIpc) is 2.64. The lowest BCUT2D eigenvalue weighted by molar-refractivity contribution is -0.124. The van der Waals surface area contributed by atoms with E-state index in [4.69, 9.17) is 9.47 Å². The van der Waals surface area contributed by atoms with Crippen LogP contribution in [-0.2, 0) is 4.79 Å². The van der Waals surface area contributed by atoms with Crippen LogP contribution in [0.15, 0.2) is 18.2 Å². The van der Waals surface area contributed by atoms with Gasteiger partial charge in [0.15, 0.2) is 11.5 Å². The Morgan fingerprint density at radius 1 is 1.24 bits per heavy atom. The number of nitrogens with one attached hydrogen (secondary N) is 1. The predicted molar refractivity (Wildman–Crippen MR) is 96.0 cm³/mol. The Kier molecular flexibility index (Phi) is 6.67. The molecule has 1 fully saturated rings. The SMILES string of the molecule is COc1ccc(C(=O)N2CCC[C@H](CNC(=O)C(C)C)C2)cc1OC. The normalized spacial score (nSPS) is 17.3. The number of carbonyl (C=O) groups excluding carboxylic acids is 2. The Balaban J connectivity index is 2.00. The Hall–Kier alpha value is -2.24. The van der Waals surface area contributed by atoms with Gasteiger partial charge in [0, 0.05) is 31.1 Å². The largest absolute Gasteiger partial charge is 0.493 e. The van der Waals surface area contributed by atoms with Crippen molar-refractivity contribution >= 4 is 11.8 Å². The van der Waals surface area contributed by atoms with Crippen LogP contribution in [0.5, 0.6) is 11.5 Å². The summed E-state index contributed by atoms with van der Waals surface area (Å²) in [5, 5.41) is 2.97. The number of hydrogen-bond acceptors (Lipinski definition) is 4. The molecule has 1 aliphatic heterocycles. The van der Waals surface area contributed by atoms with E-state index in [1.54, 1.807) is 32.4 Å². The smallest absolute Gasteiger partial charge is 0.254 e. The van der Waals surface area contributed by atoms with Gasteiger partial charge >= 0.3 is 0 Å². The van der Waals surface area contributed by atoms with Crippen LogP contribution in [0.3, 0.4) is 0 Å². The minimum Gasteiger partial charge on any atom is -0.493 e. The monoisotopic (exact) mass is 348 g/mol. The summed E-state index contributed by atoms with van der Waals surface area (Å²) >= 11 is 0. The molecule has 2 amide bonds. The third kappa shape index (κ3) is 4.87. The van der Waals surface area contributed by atoms with Crippen molar-refractivity contribution in [2.75, 3.05) is 33.9 Å². The van der Waals surface area contributed by atoms with E-state index in [1.807, 2.05) is 18.7 Å². The van der Waals surface area contributed by atoms with Crippen molar-refractivity contribution in [2.24, 2.45) is 11.8 Å². The van der Waals surface area contributed by atoms with Crippen LogP contribution in [0.25, 0.3) is 0 Å². The molecule has 6 nitrogen and oxygen atoms in total. The molecule has 0 bridgehead atoms. The van der Waals surface area contributed by atoms with Gasteiger partial charge in [-0.3, -0.25) is 9.59 Å². The van der Waals surface area contributed by atoms with Crippen LogP contribution in [0, 0.1) is 11.8 Å². The Morgan fingerprint density at radius 3 is 2.60 bits per heavy atom. The summed E-state index contributed by atoms with van der Waals surface area (Å²) in [6, 6.07) is 5.22. The number of hydrogen-bond donors (Lipinski definition) is 1. The highest BCUT2D eigenvalue weighted by atomic mass is 16.5. The van der Waals surface area contributed by atoms with E-state index in [9.17, 15) is 9.59 Å². The fourth-order valence-electron chi connectivity index (χ4n) is 3.02. The fourth-order valence-corrected chi connectivity index (χ4v) is 3.02. The lowest BCUT2D eigenvalue weighted by atomic mass is 9.97. The van der Waals surface area contributed by atoms with Crippen LogP contribution in [0.2, 0.25) is 0 Å². The van der Waals surface area contributed by atoms with Crippen molar-refractivity contribution in [3.8, 4) is 11.5 Å². The topological polar surface area (TPSA) is 67.9 Å². The first-order valence-corrected chi connectivity index (χ1v) is 8.75. The molecule has 1 aromatic carbocycles. The maximum atomic E-state index is 12.8. The fraction of sp³-hybridized carbons (Fsp3) is 0.579. The molecule has 0 aromatic heterocycles. The van der Waals surface area contributed by atoms with Gasteiger partial charge in [0.05, 0.1) is 14.2 Å². The van der Waals surface area contributed by atoms with Crippen LogP contribution in [-0.4, -0.2) is 50.6 Å². The van der Waals surface area contributed by atoms with E-state index in [1.165, 1.54) is 0 Å². The highest BCUT2D eigenvalue weighted by Gasteiger charge is 2.25. The van der Waals surface area contributed by atoms with Gasteiger partial charge in [-0.15, -0.1) is 0 Å². The molecule has 1 atom stereocenters. The standard InChI is InChI=1S/C19H28N2O4/c1-13(2)18(22)20-11-14-6-5-9-21(12-14)19(23)15-7-8-16(24-3)17(10-15)25-4/h7-8,10,13-14H,5-6,9,11-12H2,1-4H3,(H,20,22)/t14-/m1/s1. The summed E-state index contributed by atoms with van der Waals surface area (Å²) < 4.78 is 10.5. The zero-order valence-electron chi connectivity index (χ0n) is 15.5. The zero-order valence-corrected chi connectivity index (χ0v) is 15.5. The van der Waals surface area contributed by atoms with Crippen LogP contribution < -0.4 is 14.8 Å². The summed E-state index contributed by atoms with van der Waals surface area (Å²) in [6.45, 7) is 5.77. The van der Waals surface area contributed by atoms with Gasteiger partial charge in [0.1, 0.15) is 0 Å². The second-order valence-corrected chi connectivity index (χ2v) is 6.73. The molecule has 0 spiro atoms. The minimum atomic E-state index is -0.0203. The lowest BCUT2D eigenvalue weighted by Gasteiger charge is -2.33. The molecule has 1 N–H and O–H groups in total. The highest BCUT2D eigenvalue weighted by molar-refractivity contribution is 5.95. The molecule has 138 valence electrons. The summed E-state index contributed by atoms with van der Waals surface area (Å²) in [4.78, 5) is 26.4. The van der Waals surface area contributed by atoms with Crippen molar-refractivity contribution < 1.29 is 19.1 Å². The predicted octanol–water partition coefficient (Wildman–Crippen LogP) is 2.33. The third-order valence-corrected chi connectivity index (χ3v) is 4.53. The van der Waals surface area contributed by atoms with Crippen molar-refractivity contribution in [3.05, 3.63) is 23.8 Å². The number of amides is 2. The molecule has 25 heavy (non-hydrogen) atoms. The van der Waals surface area contributed by atoms with Crippen molar-refractivity contribution in [3.63, 3.8) is 0 Å². The minimum absolute atomic E-state index is 0.0131. The number of carbonyl (C=O) groups is 2. The first-order chi connectivity index (χ1) is 12.0. The Morgan fingerprint density at radius 2 is 1.96 bits per heavy atom. The summed E-state index contributed by atoms with van der Waals surface area (Å²) in [5.41, 5.74) is 0.588. The maximum Gasteiger partial charge on any atom is 0.254 e. The van der Waals surface area contributed by atoms with E-state index in [0.29, 0.717) is 36.1 Å². The van der Waals surface area contributed by atoms with Crippen molar-refractivity contribution in [1.29, 1.82) is 0 Å². The van der Waals surface area contributed by atoms with E-state index < -0.39 is 0 Å². The maximum absolute atomic E-state index is 12.8. The van der Waals surface area contributed by atoms with Gasteiger partial charge in [-0.2, -0.15) is 0 Å². The molecule has 0 saturated carbocycles. The van der Waals surface area contributed by atoms with Crippen LogP contribution in [0.4, 0.5) is 0 Å². The molecule has 1 aromatic rings. The molecular weight excluding hydrogens is 320 g/mol. The molecular formula is C19H28N2O4. The Bertz CT molecular complexity index is 615. The van der Waals surface area contributed by atoms with Gasteiger partial charge in [-0.1, -0.05) is 13.8 Å². The molecule has 0 radical (unpaired) electrons. The number of piperidine rings is 1. The number of benzene rings is 1. The number of ether oxygens (including phenoxy) is 2.